The maximum atomic E-state index is 2.56. The second kappa shape index (κ2) is 16.2. The van der Waals surface area contributed by atoms with Crippen LogP contribution in [0, 0.1) is 0 Å². The van der Waals surface area contributed by atoms with Crippen LogP contribution in [-0.2, 0) is 16.2 Å². The minimum Gasteiger partial charge on any atom is -0.310 e. The van der Waals surface area contributed by atoms with Gasteiger partial charge in [0.15, 0.2) is 0 Å². The molecule has 12 aromatic carbocycles. The van der Waals surface area contributed by atoms with Gasteiger partial charge in [-0.15, -0.1) is 0 Å². The molecule has 1 heteroatoms. The van der Waals surface area contributed by atoms with Crippen molar-refractivity contribution in [2.45, 2.75) is 16.2 Å². The highest BCUT2D eigenvalue weighted by Crippen LogP contribution is 2.64. The predicted molar refractivity (Wildman–Crippen MR) is 312 cm³/mol. The lowest BCUT2D eigenvalue weighted by Gasteiger charge is -2.35. The Hall–Kier alpha value is -9.56. The van der Waals surface area contributed by atoms with Crippen LogP contribution in [-0.4, -0.2) is 0 Å². The van der Waals surface area contributed by atoms with Crippen LogP contribution in [0.4, 0.5) is 17.1 Å². The van der Waals surface area contributed by atoms with Crippen LogP contribution < -0.4 is 4.90 Å². The minimum absolute atomic E-state index is 0.502. The summed E-state index contributed by atoms with van der Waals surface area (Å²) in [5.41, 5.74) is 27.4. The Morgan fingerprint density at radius 2 is 0.421 bits per heavy atom. The number of hydrogen-bond donors (Lipinski definition) is 0. The molecule has 0 fully saturated rings. The Bertz CT molecular complexity index is 4040. The number of anilines is 3. The average molecular weight is 964 g/mol. The van der Waals surface area contributed by atoms with Crippen molar-refractivity contribution in [3.05, 3.63) is 364 Å². The van der Waals surface area contributed by atoms with Gasteiger partial charge >= 0.3 is 0 Å². The summed E-state index contributed by atoms with van der Waals surface area (Å²) >= 11 is 0. The van der Waals surface area contributed by atoms with E-state index in [2.05, 4.69) is 302 Å². The molecule has 0 atom stereocenters. The van der Waals surface area contributed by atoms with Crippen LogP contribution in [0.3, 0.4) is 0 Å². The minimum atomic E-state index is -0.571. The summed E-state index contributed by atoms with van der Waals surface area (Å²) in [6.07, 6.45) is 0. The zero-order valence-electron chi connectivity index (χ0n) is 41.7. The van der Waals surface area contributed by atoms with Gasteiger partial charge < -0.3 is 4.90 Å². The van der Waals surface area contributed by atoms with E-state index in [1.54, 1.807) is 0 Å². The molecule has 0 saturated carbocycles. The molecule has 0 aromatic heterocycles. The van der Waals surface area contributed by atoms with Gasteiger partial charge in [0.1, 0.15) is 0 Å². The summed E-state index contributed by atoms with van der Waals surface area (Å²) in [6.45, 7) is 0. The first-order chi connectivity index (χ1) is 37.7. The fourth-order valence-corrected chi connectivity index (χ4v) is 14.8. The summed E-state index contributed by atoms with van der Waals surface area (Å²) in [4.78, 5) is 2.56. The van der Waals surface area contributed by atoms with Crippen LogP contribution >= 0.6 is 0 Å². The second-order valence-corrected chi connectivity index (χ2v) is 21.0. The second-order valence-electron chi connectivity index (χ2n) is 21.0. The predicted octanol–water partition coefficient (Wildman–Crippen LogP) is 18.2. The molecule has 0 amide bonds. The lowest BCUT2D eigenvalue weighted by molar-refractivity contribution is 0.768. The molecular weight excluding hydrogens is 915 g/mol. The summed E-state index contributed by atoms with van der Waals surface area (Å²) in [7, 11) is 0. The number of rotatable bonds is 7. The molecule has 1 spiro atoms. The normalized spacial score (nSPS) is 14.6. The smallest absolute Gasteiger partial charge is 0.0726 e. The van der Waals surface area contributed by atoms with Crippen molar-refractivity contribution in [2.24, 2.45) is 0 Å². The van der Waals surface area contributed by atoms with Gasteiger partial charge in [0.05, 0.1) is 16.2 Å². The van der Waals surface area contributed by atoms with Crippen LogP contribution in [0.15, 0.2) is 297 Å². The Kier molecular flexibility index (Phi) is 9.15. The van der Waals surface area contributed by atoms with E-state index < -0.39 is 16.2 Å². The van der Waals surface area contributed by atoms with Crippen molar-refractivity contribution in [1.82, 2.24) is 0 Å². The largest absolute Gasteiger partial charge is 0.310 e. The summed E-state index contributed by atoms with van der Waals surface area (Å²) < 4.78 is 0. The highest BCUT2D eigenvalue weighted by molar-refractivity contribution is 5.98. The molecule has 0 saturated heterocycles. The molecule has 0 heterocycles. The molecule has 0 N–H and O–H groups in total. The summed E-state index contributed by atoms with van der Waals surface area (Å²) in [6, 6.07) is 112. The van der Waals surface area contributed by atoms with E-state index in [9.17, 15) is 0 Å². The molecule has 0 unspecified atom stereocenters. The van der Waals surface area contributed by atoms with Crippen molar-refractivity contribution >= 4 is 17.1 Å². The lowest BCUT2D eigenvalue weighted by Crippen LogP contribution is -2.29. The monoisotopic (exact) mass is 963 g/mol. The first-order valence-corrected chi connectivity index (χ1v) is 26.7. The highest BCUT2D eigenvalue weighted by atomic mass is 15.1. The Morgan fingerprint density at radius 1 is 0.171 bits per heavy atom. The quantitative estimate of drug-likeness (QED) is 0.154. The van der Waals surface area contributed by atoms with E-state index in [1.807, 2.05) is 0 Å². The Morgan fingerprint density at radius 3 is 0.803 bits per heavy atom. The zero-order valence-corrected chi connectivity index (χ0v) is 41.7. The van der Waals surface area contributed by atoms with Crippen LogP contribution in [0.1, 0.15) is 66.8 Å². The molecule has 4 aliphatic rings. The van der Waals surface area contributed by atoms with Gasteiger partial charge in [-0.05, 0) is 148 Å². The zero-order chi connectivity index (χ0) is 50.0. The molecule has 0 aliphatic heterocycles. The van der Waals surface area contributed by atoms with E-state index in [0.717, 1.165) is 17.1 Å². The molecule has 4 aliphatic carbocycles. The Labute approximate surface area is 444 Å². The van der Waals surface area contributed by atoms with Crippen LogP contribution in [0.2, 0.25) is 0 Å². The van der Waals surface area contributed by atoms with E-state index in [0.29, 0.717) is 0 Å². The highest BCUT2D eigenvalue weighted by Gasteiger charge is 2.52. The molecule has 16 rings (SSSR count). The van der Waals surface area contributed by atoms with Gasteiger partial charge in [-0.3, -0.25) is 0 Å². The molecule has 0 bridgehead atoms. The van der Waals surface area contributed by atoms with Crippen molar-refractivity contribution in [2.75, 3.05) is 4.90 Å². The van der Waals surface area contributed by atoms with Crippen molar-refractivity contribution in [3.8, 4) is 44.5 Å². The molecule has 1 nitrogen and oxygen atoms in total. The van der Waals surface area contributed by atoms with Gasteiger partial charge in [-0.25, -0.2) is 0 Å². The molecule has 0 radical (unpaired) electrons. The van der Waals surface area contributed by atoms with E-state index in [4.69, 9.17) is 0 Å². The van der Waals surface area contributed by atoms with E-state index in [1.165, 1.54) is 111 Å². The third kappa shape index (κ3) is 5.54. The van der Waals surface area contributed by atoms with Crippen LogP contribution in [0.25, 0.3) is 44.5 Å². The lowest BCUT2D eigenvalue weighted by atomic mass is 9.67. The van der Waals surface area contributed by atoms with Crippen molar-refractivity contribution in [3.63, 3.8) is 0 Å². The van der Waals surface area contributed by atoms with Gasteiger partial charge in [0.2, 0.25) is 0 Å². The first-order valence-electron chi connectivity index (χ1n) is 26.7. The van der Waals surface area contributed by atoms with Gasteiger partial charge in [-0.2, -0.15) is 0 Å². The third-order valence-corrected chi connectivity index (χ3v) is 17.6. The molecular formula is C75H49N. The topological polar surface area (TPSA) is 3.24 Å². The van der Waals surface area contributed by atoms with Crippen molar-refractivity contribution < 1.29 is 0 Å². The van der Waals surface area contributed by atoms with Crippen LogP contribution in [0.5, 0.6) is 0 Å². The number of hydrogen-bond acceptors (Lipinski definition) is 1. The number of nitrogens with zero attached hydrogens (tertiary/aromatic N) is 1. The third-order valence-electron chi connectivity index (χ3n) is 17.6. The fourth-order valence-electron chi connectivity index (χ4n) is 14.8. The summed E-state index contributed by atoms with van der Waals surface area (Å²) in [5, 5.41) is 0. The van der Waals surface area contributed by atoms with E-state index in [-0.39, 0.29) is 0 Å². The fraction of sp³-hybridized carbons (Fsp3) is 0.0400. The molecule has 12 aromatic rings. The summed E-state index contributed by atoms with van der Waals surface area (Å²) in [5.74, 6) is 0. The van der Waals surface area contributed by atoms with Crippen molar-refractivity contribution in [1.29, 1.82) is 0 Å². The van der Waals surface area contributed by atoms with E-state index >= 15 is 0 Å². The standard InChI is InChI=1S/C75H49N/c1-5-23-50(24-6-1)73(51-25-7-2-8-26-51)66-37-19-17-35-61(66)64-47-54(43-46-70(64)73)76(55-41-44-62-59-33-13-18-36-65(59)74(71(62)48-55,52-27-9-3-10-28-52)53-29-11-4-12-30-53)56-42-45-63-60-34-16-22-40-69(60)75(72(63)49-56)67-38-20-14-31-57(67)58-32-15-21-39-68(58)75/h1-49H. The van der Waals surface area contributed by atoms with Gasteiger partial charge in [-0.1, -0.05) is 261 Å². The number of fused-ring (bicyclic) bond motifs is 16. The maximum absolute atomic E-state index is 2.56. The first kappa shape index (κ1) is 42.9. The van der Waals surface area contributed by atoms with Gasteiger partial charge in [0, 0.05) is 17.1 Å². The maximum Gasteiger partial charge on any atom is 0.0726 e. The average Bonchev–Trinajstić information content (AvgIpc) is 4.39. The molecule has 354 valence electrons. The Balaban J connectivity index is 0.990. The number of benzene rings is 12. The van der Waals surface area contributed by atoms with Gasteiger partial charge in [0.25, 0.3) is 0 Å². The molecule has 76 heavy (non-hydrogen) atoms. The SMILES string of the molecule is c1ccc(C2(c3ccccc3)c3ccccc3-c3cc(N(c4ccc5c(c4)C(c4ccccc4)(c4ccccc4)c4ccccc4-5)c4ccc5c(c4)C4(c6ccccc6-c6ccccc64)c4ccccc4-5)ccc32)cc1.